The zero-order chi connectivity index (χ0) is 38.8. The van der Waals surface area contributed by atoms with Crippen molar-refractivity contribution in [3.63, 3.8) is 0 Å². The second-order valence-corrected chi connectivity index (χ2v) is 15.9. The van der Waals surface area contributed by atoms with Crippen LogP contribution in [0, 0.1) is 0 Å². The first-order chi connectivity index (χ1) is 27.8. The van der Waals surface area contributed by atoms with Crippen LogP contribution >= 0.6 is 0 Å². The molecule has 2 fully saturated rings. The number of hydrogen-bond donors (Lipinski definition) is 2. The van der Waals surface area contributed by atoms with Crippen molar-refractivity contribution in [3.05, 3.63) is 153 Å². The van der Waals surface area contributed by atoms with Gasteiger partial charge in [-0.2, -0.15) is 0 Å². The van der Waals surface area contributed by atoms with Gasteiger partial charge in [-0.25, -0.2) is 4.98 Å². The lowest BCUT2D eigenvalue weighted by Gasteiger charge is -2.40. The van der Waals surface area contributed by atoms with Gasteiger partial charge >= 0.3 is 0 Å². The number of fused-ring (bicyclic) bond motifs is 3. The number of phenols is 1. The summed E-state index contributed by atoms with van der Waals surface area (Å²) in [6.45, 7) is 3.41. The molecule has 4 amide bonds. The second kappa shape index (κ2) is 14.0. The van der Waals surface area contributed by atoms with Crippen LogP contribution in [0.4, 0.5) is 5.82 Å². The van der Waals surface area contributed by atoms with Crippen molar-refractivity contribution in [2.75, 3.05) is 18.0 Å². The van der Waals surface area contributed by atoms with E-state index in [0.717, 1.165) is 59.1 Å². The highest BCUT2D eigenvalue weighted by Gasteiger charge is 2.45. The molecule has 5 heterocycles. The number of aromatic hydroxyl groups is 1. The molecule has 0 spiro atoms. The highest BCUT2D eigenvalue weighted by atomic mass is 16.5. The van der Waals surface area contributed by atoms with E-state index in [-0.39, 0.29) is 24.9 Å². The van der Waals surface area contributed by atoms with Gasteiger partial charge in [0.05, 0.1) is 24.2 Å². The molecular weight excluding hydrogens is 719 g/mol. The van der Waals surface area contributed by atoms with Gasteiger partial charge in [0.2, 0.25) is 11.8 Å². The van der Waals surface area contributed by atoms with Crippen LogP contribution in [0.2, 0.25) is 0 Å². The zero-order valence-electron chi connectivity index (χ0n) is 31.3. The van der Waals surface area contributed by atoms with Crippen molar-refractivity contribution in [2.24, 2.45) is 0 Å². The minimum absolute atomic E-state index is 0.0624. The first-order valence-electron chi connectivity index (χ1n) is 19.7. The molecule has 0 bridgehead atoms. The number of nitrogens with zero attached hydrogens (tertiary/aromatic N) is 4. The standard InChI is InChI=1S/C46H41N5O6/c52-33-10-14-37-30(18-33)9-13-36(28-4-2-1-3-5-28)43(37)29-7-11-34(12-8-29)57-35-25-50(26-35)41-16-6-27(21-47-41)22-49-23-31-19-38-39(20-32(31)24-49)46(56)51(45(38)55)40-15-17-42(53)48-44(40)54/h1-8,10-12,14,16,18-21,35-36,40,43,52H,9,13,15,17,22-26H2,(H,48,53,54)/t36-,40?,43+/m1/s1. The van der Waals surface area contributed by atoms with Gasteiger partial charge in [-0.1, -0.05) is 54.6 Å². The Balaban J connectivity index is 0.741. The quantitative estimate of drug-likeness (QED) is 0.188. The Kier molecular flexibility index (Phi) is 8.62. The third-order valence-electron chi connectivity index (χ3n) is 12.3. The monoisotopic (exact) mass is 759 g/mol. The van der Waals surface area contributed by atoms with Crippen molar-refractivity contribution < 1.29 is 29.0 Å². The maximum atomic E-state index is 13.3. The smallest absolute Gasteiger partial charge is 0.262 e. The minimum Gasteiger partial charge on any atom is -0.508 e. The number of ether oxygens (including phenoxy) is 1. The number of rotatable bonds is 8. The first kappa shape index (κ1) is 35.1. The maximum absolute atomic E-state index is 13.3. The Morgan fingerprint density at radius 2 is 1.49 bits per heavy atom. The summed E-state index contributed by atoms with van der Waals surface area (Å²) < 4.78 is 6.39. The number of nitrogens with one attached hydrogen (secondary N) is 1. The number of benzene rings is 4. The summed E-state index contributed by atoms with van der Waals surface area (Å²) in [6.07, 6.45) is 4.16. The third-order valence-corrected chi connectivity index (χ3v) is 12.3. The molecule has 0 radical (unpaired) electrons. The molecule has 57 heavy (non-hydrogen) atoms. The molecule has 5 aromatic rings. The second-order valence-electron chi connectivity index (χ2n) is 15.9. The highest BCUT2D eigenvalue weighted by Crippen LogP contribution is 2.47. The van der Waals surface area contributed by atoms with Crippen molar-refractivity contribution in [2.45, 2.75) is 69.3 Å². The molecule has 0 saturated carbocycles. The van der Waals surface area contributed by atoms with Crippen LogP contribution in [0.3, 0.4) is 0 Å². The number of piperidine rings is 1. The Morgan fingerprint density at radius 3 is 2.18 bits per heavy atom. The molecule has 4 aliphatic heterocycles. The van der Waals surface area contributed by atoms with E-state index in [1.807, 2.05) is 18.3 Å². The lowest BCUT2D eigenvalue weighted by Crippen LogP contribution is -2.54. The van der Waals surface area contributed by atoms with E-state index in [1.54, 1.807) is 18.2 Å². The molecular formula is C46H41N5O6. The summed E-state index contributed by atoms with van der Waals surface area (Å²) >= 11 is 0. The van der Waals surface area contributed by atoms with Gasteiger partial charge in [-0.05, 0) is 107 Å². The molecule has 1 unspecified atom stereocenters. The fraction of sp³-hybridized carbons (Fsp3) is 0.283. The summed E-state index contributed by atoms with van der Waals surface area (Å²) in [4.78, 5) is 60.9. The molecule has 11 heteroatoms. The first-order valence-corrected chi connectivity index (χ1v) is 19.7. The van der Waals surface area contributed by atoms with Crippen LogP contribution in [0.25, 0.3) is 0 Å². The number of carbonyl (C=O) groups excluding carboxylic acids is 4. The highest BCUT2D eigenvalue weighted by molar-refractivity contribution is 6.23. The maximum Gasteiger partial charge on any atom is 0.262 e. The summed E-state index contributed by atoms with van der Waals surface area (Å²) in [7, 11) is 0. The van der Waals surface area contributed by atoms with E-state index in [0.29, 0.717) is 42.4 Å². The lowest BCUT2D eigenvalue weighted by molar-refractivity contribution is -0.136. The van der Waals surface area contributed by atoms with E-state index in [2.05, 4.69) is 81.8 Å². The molecule has 2 saturated heterocycles. The number of aryl methyl sites for hydroxylation is 1. The molecule has 1 aliphatic carbocycles. The number of pyridine rings is 1. The van der Waals surface area contributed by atoms with Gasteiger partial charge in [0.15, 0.2) is 0 Å². The van der Waals surface area contributed by atoms with E-state index >= 15 is 0 Å². The van der Waals surface area contributed by atoms with Crippen molar-refractivity contribution in [1.82, 2.24) is 20.1 Å². The van der Waals surface area contributed by atoms with Gasteiger partial charge < -0.3 is 14.7 Å². The van der Waals surface area contributed by atoms with Gasteiger partial charge in [0.1, 0.15) is 29.5 Å². The fourth-order valence-corrected chi connectivity index (χ4v) is 9.43. The molecule has 286 valence electrons. The van der Waals surface area contributed by atoms with Crippen molar-refractivity contribution >= 4 is 29.4 Å². The van der Waals surface area contributed by atoms with E-state index in [1.165, 1.54) is 22.3 Å². The van der Waals surface area contributed by atoms with Crippen LogP contribution < -0.4 is 15.0 Å². The number of carbonyl (C=O) groups is 4. The Labute approximate surface area is 329 Å². The normalized spacial score (nSPS) is 21.9. The summed E-state index contributed by atoms with van der Waals surface area (Å²) in [5.74, 6) is 0.649. The average Bonchev–Trinajstić information content (AvgIpc) is 3.71. The number of phenolic OH excluding ortho intramolecular Hbond substituents is 1. The van der Waals surface area contributed by atoms with Crippen molar-refractivity contribution in [1.29, 1.82) is 0 Å². The average molecular weight is 760 g/mol. The van der Waals surface area contributed by atoms with E-state index in [4.69, 9.17) is 9.72 Å². The van der Waals surface area contributed by atoms with Crippen LogP contribution in [0.5, 0.6) is 11.5 Å². The predicted octanol–water partition coefficient (Wildman–Crippen LogP) is 5.83. The molecule has 11 nitrogen and oxygen atoms in total. The number of imide groups is 2. The van der Waals surface area contributed by atoms with E-state index < -0.39 is 29.7 Å². The predicted molar refractivity (Wildman–Crippen MR) is 211 cm³/mol. The summed E-state index contributed by atoms with van der Waals surface area (Å²) in [5, 5.41) is 12.4. The SMILES string of the molecule is O=C1CCC(N2C(=O)c3cc4c(cc3C2=O)CN(Cc2ccc(N3CC(Oc5ccc([C@@H]6c7ccc(O)cc7CC[C@@H]6c6ccccc6)cc5)C3)nc2)C4)C(=O)N1. The number of anilines is 1. The van der Waals surface area contributed by atoms with Gasteiger partial charge in [-0.15, -0.1) is 0 Å². The number of amides is 4. The minimum atomic E-state index is -0.970. The number of hydrogen-bond acceptors (Lipinski definition) is 9. The zero-order valence-corrected chi connectivity index (χ0v) is 31.3. The van der Waals surface area contributed by atoms with Gasteiger partial charge in [-0.3, -0.25) is 34.3 Å². The molecule has 10 rings (SSSR count). The van der Waals surface area contributed by atoms with Gasteiger partial charge in [0.25, 0.3) is 11.8 Å². The fourth-order valence-electron chi connectivity index (χ4n) is 9.43. The van der Waals surface area contributed by atoms with Crippen molar-refractivity contribution in [3.8, 4) is 11.5 Å². The van der Waals surface area contributed by atoms with E-state index in [9.17, 15) is 24.3 Å². The molecule has 2 N–H and O–H groups in total. The van der Waals surface area contributed by atoms with Crippen LogP contribution in [0.15, 0.2) is 103 Å². The molecule has 4 aromatic carbocycles. The third kappa shape index (κ3) is 6.41. The number of aromatic nitrogens is 1. The lowest BCUT2D eigenvalue weighted by atomic mass is 9.69. The topological polar surface area (TPSA) is 132 Å². The Morgan fingerprint density at radius 1 is 0.754 bits per heavy atom. The largest absolute Gasteiger partial charge is 0.508 e. The van der Waals surface area contributed by atoms with Crippen LogP contribution in [-0.4, -0.2) is 68.8 Å². The Bertz CT molecular complexity index is 2380. The summed E-state index contributed by atoms with van der Waals surface area (Å²) in [5.41, 5.74) is 8.75. The molecule has 1 aromatic heterocycles. The van der Waals surface area contributed by atoms with Crippen LogP contribution in [0.1, 0.15) is 90.8 Å². The summed E-state index contributed by atoms with van der Waals surface area (Å²) in [6, 6.07) is 31.8. The Hall–Kier alpha value is -6.33. The molecule has 5 aliphatic rings. The van der Waals surface area contributed by atoms with Gasteiger partial charge in [0, 0.05) is 38.2 Å². The molecule has 3 atom stereocenters. The van der Waals surface area contributed by atoms with Crippen LogP contribution in [-0.2, 0) is 35.6 Å².